The van der Waals surface area contributed by atoms with Crippen molar-refractivity contribution in [2.45, 2.75) is 0 Å². The molecule has 0 saturated heterocycles. The van der Waals surface area contributed by atoms with Crippen LogP contribution in [0.1, 0.15) is 26.6 Å². The second-order valence-corrected chi connectivity index (χ2v) is 8.30. The quantitative estimate of drug-likeness (QED) is 0.414. The molecule has 0 aliphatic carbocycles. The fourth-order valence-electron chi connectivity index (χ4n) is 3.14. The average molecular weight is 363 g/mol. The standard InChI is InChI=1S/C19H10N2S3/c20-11-13-17-16(12-5-1-2-8-21(12)13)18(14-6-3-9-22-14)24-19(17)15-7-4-10-23-15/h1-10H. The van der Waals surface area contributed by atoms with Gasteiger partial charge in [0.2, 0.25) is 0 Å². The van der Waals surface area contributed by atoms with Crippen molar-refractivity contribution in [3.63, 3.8) is 0 Å². The number of hydrogen-bond acceptors (Lipinski definition) is 3. The van der Waals surface area contributed by atoms with Crippen molar-refractivity contribution < 1.29 is 0 Å². The molecule has 0 N–H and O–H groups in total. The van der Waals surface area contributed by atoms with E-state index in [0.717, 1.165) is 16.8 Å². The van der Waals surface area contributed by atoms with Gasteiger partial charge in [0, 0.05) is 27.1 Å². The van der Waals surface area contributed by atoms with Crippen molar-refractivity contribution in [1.29, 1.82) is 5.26 Å². The third kappa shape index (κ3) is 1.85. The lowest BCUT2D eigenvalue weighted by Crippen LogP contribution is -2.01. The van der Waals surface area contributed by atoms with E-state index in [-0.39, 0.29) is 0 Å². The zero-order valence-electron chi connectivity index (χ0n) is 12.4. The summed E-state index contributed by atoms with van der Waals surface area (Å²) in [6, 6.07) is 17.0. The molecule has 4 aromatic heterocycles. The smallest absolute Gasteiger partial charge is 0.134 e. The van der Waals surface area contributed by atoms with E-state index in [9.17, 15) is 5.26 Å². The molecule has 0 spiro atoms. The molecule has 0 aromatic carbocycles. The Bertz CT molecular complexity index is 1180. The van der Waals surface area contributed by atoms with Crippen LogP contribution in [-0.4, -0.2) is 14.1 Å². The van der Waals surface area contributed by atoms with Crippen LogP contribution in [0.4, 0.5) is 0 Å². The summed E-state index contributed by atoms with van der Waals surface area (Å²) in [6.45, 7) is 0. The first kappa shape index (κ1) is 14.0. The van der Waals surface area contributed by atoms with Crippen molar-refractivity contribution in [2.24, 2.45) is 0 Å². The summed E-state index contributed by atoms with van der Waals surface area (Å²) >= 11 is 3.47. The summed E-state index contributed by atoms with van der Waals surface area (Å²) < 4.78 is 2.02. The first-order chi connectivity index (χ1) is 11.9. The van der Waals surface area contributed by atoms with Crippen LogP contribution in [0, 0.1) is 11.3 Å². The highest BCUT2D eigenvalue weighted by Crippen LogP contribution is 2.36. The third-order valence-electron chi connectivity index (χ3n) is 4.10. The first-order valence-electron chi connectivity index (χ1n) is 7.42. The van der Waals surface area contributed by atoms with E-state index in [2.05, 4.69) is 47.2 Å². The molecular formula is C19H10N2S3. The van der Waals surface area contributed by atoms with E-state index in [4.69, 9.17) is 0 Å². The highest BCUT2D eigenvalue weighted by molar-refractivity contribution is 8.00. The fraction of sp³-hybridized carbons (Fsp3) is 0. The number of fused-ring (bicyclic) bond motifs is 3. The minimum atomic E-state index is 0.725. The summed E-state index contributed by atoms with van der Waals surface area (Å²) in [5.74, 6) is 0. The van der Waals surface area contributed by atoms with E-state index in [1.54, 1.807) is 33.6 Å². The fourth-order valence-corrected chi connectivity index (χ4v) is 6.17. The summed E-state index contributed by atoms with van der Waals surface area (Å²) in [5.41, 5.74) is 4.11. The number of rotatable bonds is 2. The minimum Gasteiger partial charge on any atom is -0.307 e. The van der Waals surface area contributed by atoms with Crippen molar-refractivity contribution in [1.82, 2.24) is 4.40 Å². The maximum atomic E-state index is 9.82. The Kier molecular flexibility index (Phi) is 3.10. The number of nitriles is 1. The van der Waals surface area contributed by atoms with Gasteiger partial charge < -0.3 is 4.40 Å². The number of pyridine rings is 1. The Balaban J connectivity index is 1.94. The van der Waals surface area contributed by atoms with Crippen molar-refractivity contribution >= 4 is 48.9 Å². The predicted octanol–water partition coefficient (Wildman–Crippen LogP) is 4.82. The topological polar surface area (TPSA) is 28.2 Å². The van der Waals surface area contributed by atoms with Crippen LogP contribution in [-0.2, 0) is 0 Å². The molecule has 2 nitrogen and oxygen atoms in total. The van der Waals surface area contributed by atoms with E-state index in [1.807, 2.05) is 22.7 Å². The van der Waals surface area contributed by atoms with Crippen LogP contribution in [0.2, 0.25) is 0 Å². The number of aromatic nitrogens is 1. The van der Waals surface area contributed by atoms with Gasteiger partial charge in [-0.1, -0.05) is 18.2 Å². The van der Waals surface area contributed by atoms with Gasteiger partial charge in [-0.05, 0) is 35.0 Å². The average Bonchev–Trinajstić information content (AvgIpc) is 3.37. The van der Waals surface area contributed by atoms with Crippen molar-refractivity contribution in [3.05, 3.63) is 86.0 Å². The van der Waals surface area contributed by atoms with E-state index < -0.39 is 0 Å². The maximum absolute atomic E-state index is 9.82. The SMILES string of the molecule is N#Cc1c2c(c3ccccn13)C(c1cccs1)=S=C2c1cccs1. The van der Waals surface area contributed by atoms with Gasteiger partial charge in [0.05, 0.1) is 15.2 Å². The van der Waals surface area contributed by atoms with Gasteiger partial charge in [0.25, 0.3) is 0 Å². The Morgan fingerprint density at radius 1 is 0.833 bits per heavy atom. The molecule has 0 amide bonds. The summed E-state index contributed by atoms with van der Waals surface area (Å²) in [7, 11) is 1.80. The highest BCUT2D eigenvalue weighted by atomic mass is 32.1. The molecule has 1 aliphatic rings. The maximum Gasteiger partial charge on any atom is 0.134 e. The molecule has 0 atom stereocenters. The molecule has 114 valence electrons. The van der Waals surface area contributed by atoms with Crippen LogP contribution in [0.5, 0.6) is 0 Å². The summed E-state index contributed by atoms with van der Waals surface area (Å²) in [6.07, 6.45) is 1.98. The molecule has 0 saturated carbocycles. The van der Waals surface area contributed by atoms with Crippen LogP contribution in [0.15, 0.2) is 59.4 Å². The van der Waals surface area contributed by atoms with E-state index >= 15 is 0 Å². The Morgan fingerprint density at radius 3 is 2.17 bits per heavy atom. The molecule has 0 fully saturated rings. The van der Waals surface area contributed by atoms with Gasteiger partial charge in [-0.15, -0.1) is 33.6 Å². The normalized spacial score (nSPS) is 13.1. The van der Waals surface area contributed by atoms with Gasteiger partial charge in [0.15, 0.2) is 0 Å². The van der Waals surface area contributed by atoms with E-state index in [0.29, 0.717) is 0 Å². The zero-order valence-corrected chi connectivity index (χ0v) is 14.8. The van der Waals surface area contributed by atoms with Gasteiger partial charge in [-0.2, -0.15) is 5.26 Å². The monoisotopic (exact) mass is 362 g/mol. The van der Waals surface area contributed by atoms with Gasteiger partial charge >= 0.3 is 0 Å². The molecule has 5 heterocycles. The largest absolute Gasteiger partial charge is 0.307 e. The Morgan fingerprint density at radius 2 is 1.54 bits per heavy atom. The molecule has 5 heteroatoms. The Labute approximate surface area is 150 Å². The second kappa shape index (κ2) is 5.32. The van der Waals surface area contributed by atoms with Gasteiger partial charge in [-0.3, -0.25) is 0 Å². The molecular weight excluding hydrogens is 352 g/mol. The van der Waals surface area contributed by atoms with Gasteiger partial charge in [0.1, 0.15) is 11.8 Å². The first-order valence-corrected chi connectivity index (χ1v) is 9.99. The number of nitrogens with zero attached hydrogens (tertiary/aromatic N) is 2. The molecule has 24 heavy (non-hydrogen) atoms. The van der Waals surface area contributed by atoms with Crippen LogP contribution in [0.3, 0.4) is 0 Å². The van der Waals surface area contributed by atoms with Crippen LogP contribution >= 0.6 is 33.6 Å². The molecule has 0 radical (unpaired) electrons. The van der Waals surface area contributed by atoms with E-state index in [1.165, 1.54) is 25.0 Å². The van der Waals surface area contributed by atoms with Crippen LogP contribution in [0.25, 0.3) is 5.52 Å². The number of hydrogen-bond donors (Lipinski definition) is 0. The van der Waals surface area contributed by atoms with Crippen molar-refractivity contribution in [3.8, 4) is 6.07 Å². The highest BCUT2D eigenvalue weighted by Gasteiger charge is 2.30. The van der Waals surface area contributed by atoms with Gasteiger partial charge in [-0.25, -0.2) is 0 Å². The molecule has 0 unspecified atom stereocenters. The lowest BCUT2D eigenvalue weighted by Gasteiger charge is -2.00. The summed E-state index contributed by atoms with van der Waals surface area (Å²) in [4.78, 5) is 4.94. The van der Waals surface area contributed by atoms with Crippen LogP contribution < -0.4 is 0 Å². The summed E-state index contributed by atoms with van der Waals surface area (Å²) in [5, 5.41) is 14.0. The predicted molar refractivity (Wildman–Crippen MR) is 105 cm³/mol. The Hall–Kier alpha value is -2.39. The molecule has 5 rings (SSSR count). The molecule has 0 bridgehead atoms. The molecule has 4 aromatic rings. The third-order valence-corrected chi connectivity index (χ3v) is 7.39. The molecule has 1 aliphatic heterocycles. The minimum absolute atomic E-state index is 0.725. The zero-order chi connectivity index (χ0) is 16.1. The van der Waals surface area contributed by atoms with Crippen molar-refractivity contribution in [2.75, 3.05) is 0 Å². The number of thiophene rings is 2. The lowest BCUT2D eigenvalue weighted by molar-refractivity contribution is 1.16. The second-order valence-electron chi connectivity index (χ2n) is 5.38. The lowest BCUT2D eigenvalue weighted by atomic mass is 10.0.